The van der Waals surface area contributed by atoms with Gasteiger partial charge in [0.15, 0.2) is 0 Å². The van der Waals surface area contributed by atoms with E-state index in [0.717, 1.165) is 12.1 Å². The van der Waals surface area contributed by atoms with Crippen LogP contribution in [0.4, 0.5) is 5.69 Å². The molecule has 2 aromatic rings. The van der Waals surface area contributed by atoms with E-state index in [-0.39, 0.29) is 0 Å². The highest BCUT2D eigenvalue weighted by Gasteiger charge is 2.36. The highest BCUT2D eigenvalue weighted by Crippen LogP contribution is 2.44. The molecule has 0 saturated heterocycles. The fourth-order valence-corrected chi connectivity index (χ4v) is 1.95. The third kappa shape index (κ3) is 1.75. The van der Waals surface area contributed by atoms with Crippen molar-refractivity contribution in [3.8, 4) is 0 Å². The highest BCUT2D eigenvalue weighted by molar-refractivity contribution is 5.90. The van der Waals surface area contributed by atoms with Crippen LogP contribution in [0.3, 0.4) is 0 Å². The minimum absolute atomic E-state index is 0.532. The number of para-hydroxylation sites is 1. The lowest BCUT2D eigenvalue weighted by molar-refractivity contribution is 0.611. The highest BCUT2D eigenvalue weighted by atomic mass is 14.9. The van der Waals surface area contributed by atoms with Crippen LogP contribution in [-0.4, -0.2) is 11.5 Å². The molecule has 82 valence electrons. The second kappa shape index (κ2) is 3.48. The molecule has 2 nitrogen and oxygen atoms in total. The third-order valence-corrected chi connectivity index (χ3v) is 3.46. The molecule has 1 aliphatic carbocycles. The van der Waals surface area contributed by atoms with Crippen molar-refractivity contribution in [1.29, 1.82) is 0 Å². The van der Waals surface area contributed by atoms with Gasteiger partial charge in [0.05, 0.1) is 5.52 Å². The molecule has 1 aromatic carbocycles. The van der Waals surface area contributed by atoms with Gasteiger partial charge in [0.1, 0.15) is 0 Å². The van der Waals surface area contributed by atoms with Crippen LogP contribution in [0.15, 0.2) is 36.5 Å². The van der Waals surface area contributed by atoms with Gasteiger partial charge in [0.25, 0.3) is 0 Å². The van der Waals surface area contributed by atoms with Gasteiger partial charge in [-0.05, 0) is 30.4 Å². The Morgan fingerprint density at radius 2 is 2.06 bits per heavy atom. The molecule has 0 radical (unpaired) electrons. The van der Waals surface area contributed by atoms with Crippen LogP contribution in [-0.2, 0) is 0 Å². The molecule has 1 aliphatic rings. The number of nitrogens with zero attached hydrogens (tertiary/aromatic N) is 1. The molecule has 0 unspecified atom stereocenters. The Kier molecular flexibility index (Phi) is 2.10. The molecule has 0 aliphatic heterocycles. The number of benzene rings is 1. The van der Waals surface area contributed by atoms with Crippen molar-refractivity contribution in [3.63, 3.8) is 0 Å². The summed E-state index contributed by atoms with van der Waals surface area (Å²) in [6, 6.07) is 10.3. The molecule has 0 atom stereocenters. The zero-order chi connectivity index (χ0) is 11.0. The van der Waals surface area contributed by atoms with Gasteiger partial charge in [0.2, 0.25) is 0 Å². The zero-order valence-electron chi connectivity index (χ0n) is 9.53. The van der Waals surface area contributed by atoms with Crippen LogP contribution in [0.1, 0.15) is 19.8 Å². The number of nitrogens with one attached hydrogen (secondary N) is 1. The van der Waals surface area contributed by atoms with Crippen molar-refractivity contribution >= 4 is 16.6 Å². The van der Waals surface area contributed by atoms with E-state index >= 15 is 0 Å². The second-order valence-electron chi connectivity index (χ2n) is 5.04. The van der Waals surface area contributed by atoms with Crippen molar-refractivity contribution in [3.05, 3.63) is 36.5 Å². The molecule has 1 fully saturated rings. The van der Waals surface area contributed by atoms with Crippen molar-refractivity contribution in [2.45, 2.75) is 19.8 Å². The largest absolute Gasteiger partial charge is 0.384 e. The van der Waals surface area contributed by atoms with Gasteiger partial charge in [-0.1, -0.05) is 25.1 Å². The van der Waals surface area contributed by atoms with Crippen molar-refractivity contribution < 1.29 is 0 Å². The lowest BCUT2D eigenvalue weighted by Gasteiger charge is -2.13. The molecule has 0 amide bonds. The SMILES string of the molecule is CC1(CNc2ccnc3ccccc23)CC1. The quantitative estimate of drug-likeness (QED) is 0.843. The predicted octanol–water partition coefficient (Wildman–Crippen LogP) is 3.45. The van der Waals surface area contributed by atoms with Crippen molar-refractivity contribution in [2.24, 2.45) is 5.41 Å². The van der Waals surface area contributed by atoms with Crippen LogP contribution in [0.2, 0.25) is 0 Å². The van der Waals surface area contributed by atoms with Crippen molar-refractivity contribution in [2.75, 3.05) is 11.9 Å². The third-order valence-electron chi connectivity index (χ3n) is 3.46. The first-order chi connectivity index (χ1) is 7.77. The summed E-state index contributed by atoms with van der Waals surface area (Å²) in [5.41, 5.74) is 2.80. The van der Waals surface area contributed by atoms with Gasteiger partial charge in [-0.2, -0.15) is 0 Å². The van der Waals surface area contributed by atoms with E-state index < -0.39 is 0 Å². The number of fused-ring (bicyclic) bond motifs is 1. The number of hydrogen-bond donors (Lipinski definition) is 1. The summed E-state index contributed by atoms with van der Waals surface area (Å²) < 4.78 is 0. The summed E-state index contributed by atoms with van der Waals surface area (Å²) in [6.45, 7) is 3.41. The predicted molar refractivity (Wildman–Crippen MR) is 67.6 cm³/mol. The topological polar surface area (TPSA) is 24.9 Å². The summed E-state index contributed by atoms with van der Waals surface area (Å²) >= 11 is 0. The van der Waals surface area contributed by atoms with Crippen LogP contribution in [0, 0.1) is 5.41 Å². The second-order valence-corrected chi connectivity index (χ2v) is 5.04. The molecule has 1 saturated carbocycles. The molecule has 0 bridgehead atoms. The Morgan fingerprint density at radius 3 is 2.88 bits per heavy atom. The molecule has 1 aromatic heterocycles. The smallest absolute Gasteiger partial charge is 0.0722 e. The maximum Gasteiger partial charge on any atom is 0.0722 e. The minimum Gasteiger partial charge on any atom is -0.384 e. The van der Waals surface area contributed by atoms with Gasteiger partial charge >= 0.3 is 0 Å². The number of rotatable bonds is 3. The molecule has 3 rings (SSSR count). The summed E-state index contributed by atoms with van der Waals surface area (Å²) in [5.74, 6) is 0. The molecular weight excluding hydrogens is 196 g/mol. The molecular formula is C14H16N2. The van der Waals surface area contributed by atoms with Crippen molar-refractivity contribution in [1.82, 2.24) is 4.98 Å². The standard InChI is InChI=1S/C14H16N2/c1-14(7-8-14)10-16-13-6-9-15-12-5-3-2-4-11(12)13/h2-6,9H,7-8,10H2,1H3,(H,15,16). The Bertz CT molecular complexity index is 510. The van der Waals surface area contributed by atoms with E-state index in [1.165, 1.54) is 23.9 Å². The Hall–Kier alpha value is -1.57. The van der Waals surface area contributed by atoms with Crippen LogP contribution in [0.5, 0.6) is 0 Å². The first-order valence-corrected chi connectivity index (χ1v) is 5.85. The fourth-order valence-electron chi connectivity index (χ4n) is 1.95. The summed E-state index contributed by atoms with van der Waals surface area (Å²) in [7, 11) is 0. The molecule has 1 heterocycles. The number of anilines is 1. The Labute approximate surface area is 95.7 Å². The van der Waals surface area contributed by atoms with Gasteiger partial charge in [-0.15, -0.1) is 0 Å². The van der Waals surface area contributed by atoms with Gasteiger partial charge in [-0.25, -0.2) is 0 Å². The molecule has 16 heavy (non-hydrogen) atoms. The fraction of sp³-hybridized carbons (Fsp3) is 0.357. The van der Waals surface area contributed by atoms with Crippen LogP contribution in [0.25, 0.3) is 10.9 Å². The monoisotopic (exact) mass is 212 g/mol. The zero-order valence-corrected chi connectivity index (χ0v) is 9.53. The van der Waals surface area contributed by atoms with E-state index in [1.807, 2.05) is 12.3 Å². The summed E-state index contributed by atoms with van der Waals surface area (Å²) in [5, 5.41) is 4.77. The van der Waals surface area contributed by atoms with E-state index in [4.69, 9.17) is 0 Å². The van der Waals surface area contributed by atoms with E-state index in [0.29, 0.717) is 5.41 Å². The summed E-state index contributed by atoms with van der Waals surface area (Å²) in [6.07, 6.45) is 4.58. The average molecular weight is 212 g/mol. The molecule has 2 heteroatoms. The Morgan fingerprint density at radius 1 is 1.25 bits per heavy atom. The van der Waals surface area contributed by atoms with Gasteiger partial charge < -0.3 is 5.32 Å². The van der Waals surface area contributed by atoms with Gasteiger partial charge in [-0.3, -0.25) is 4.98 Å². The normalized spacial score (nSPS) is 17.3. The molecule has 0 spiro atoms. The lowest BCUT2D eigenvalue weighted by atomic mass is 10.1. The molecule has 1 N–H and O–H groups in total. The number of pyridine rings is 1. The van der Waals surface area contributed by atoms with Gasteiger partial charge in [0, 0.05) is 23.8 Å². The lowest BCUT2D eigenvalue weighted by Crippen LogP contribution is -2.11. The Balaban J connectivity index is 1.90. The van der Waals surface area contributed by atoms with E-state index in [9.17, 15) is 0 Å². The maximum atomic E-state index is 4.36. The first-order valence-electron chi connectivity index (χ1n) is 5.85. The summed E-state index contributed by atoms with van der Waals surface area (Å²) in [4.78, 5) is 4.36. The van der Waals surface area contributed by atoms with Crippen LogP contribution >= 0.6 is 0 Å². The average Bonchev–Trinajstić information content (AvgIpc) is 3.05. The first kappa shape index (κ1) is 9.64. The van der Waals surface area contributed by atoms with Crippen LogP contribution < -0.4 is 5.32 Å². The number of hydrogen-bond acceptors (Lipinski definition) is 2. The minimum atomic E-state index is 0.532. The van der Waals surface area contributed by atoms with E-state index in [2.05, 4.69) is 41.5 Å². The maximum absolute atomic E-state index is 4.36. The number of aromatic nitrogens is 1. The van der Waals surface area contributed by atoms with E-state index in [1.54, 1.807) is 0 Å².